The first-order chi connectivity index (χ1) is 27.3. The molecule has 32 heteroatoms. The van der Waals surface area contributed by atoms with Gasteiger partial charge in [-0.05, 0) is 0 Å². The number of nitrogens with zero attached hydrogens (tertiary/aromatic N) is 4. The molecular weight excluding hydrogens is 883 g/mol. The van der Waals surface area contributed by atoms with Crippen LogP contribution in [0.3, 0.4) is 0 Å². The highest BCUT2D eigenvalue weighted by Gasteiger charge is 2.51. The highest BCUT2D eigenvalue weighted by molar-refractivity contribution is 7.80. The largest absolute Gasteiger partial charge is 0.481 e. The smallest absolute Gasteiger partial charge is 0.394 e. The van der Waals surface area contributed by atoms with Crippen LogP contribution in [0.25, 0.3) is 11.2 Å². The van der Waals surface area contributed by atoms with Crippen LogP contribution in [0.2, 0.25) is 0 Å². The Balaban J connectivity index is 1.45. The molecule has 2 aliphatic rings. The molecule has 14 N–H and O–H groups in total. The number of ether oxygens (including phenoxy) is 2. The zero-order valence-electron chi connectivity index (χ0n) is 30.9. The van der Waals surface area contributed by atoms with Crippen molar-refractivity contribution < 1.29 is 101 Å². The van der Waals surface area contributed by atoms with Crippen molar-refractivity contribution in [3.05, 3.63) is 12.2 Å². The van der Waals surface area contributed by atoms with Gasteiger partial charge in [0.25, 0.3) is 0 Å². The summed E-state index contributed by atoms with van der Waals surface area (Å²) in [7, 11) is -16.7. The number of anilines is 1. The Bertz CT molecular complexity index is 1940. The van der Waals surface area contributed by atoms with Gasteiger partial charge >= 0.3 is 23.5 Å². The second-order valence-electron chi connectivity index (χ2n) is 13.8. The van der Waals surface area contributed by atoms with E-state index in [1.54, 1.807) is 0 Å². The fourth-order valence-electron chi connectivity index (χ4n) is 5.66. The third-order valence-corrected chi connectivity index (χ3v) is 12.1. The first-order valence-electron chi connectivity index (χ1n) is 17.2. The van der Waals surface area contributed by atoms with E-state index in [0.717, 1.165) is 10.9 Å². The van der Waals surface area contributed by atoms with Crippen LogP contribution in [0.15, 0.2) is 6.33 Å². The number of phosphoric acid groups is 3. The van der Waals surface area contributed by atoms with Crippen molar-refractivity contribution in [2.45, 2.75) is 81.4 Å². The summed E-state index contributed by atoms with van der Waals surface area (Å²) in [6.07, 6.45) is -17.2. The van der Waals surface area contributed by atoms with Crippen molar-refractivity contribution >= 4 is 64.9 Å². The number of amides is 2. The highest BCUT2D eigenvalue weighted by atomic mass is 32.1. The number of aliphatic hydroxyl groups is 6. The summed E-state index contributed by atoms with van der Waals surface area (Å²) >= 11 is 3.95. The number of nitrogen functional groups attached to an aromatic ring is 1. The number of hydrogen-bond acceptors (Lipinski definition) is 22. The average molecular weight is 930 g/mol. The number of rotatable bonds is 20. The molecule has 0 aliphatic carbocycles. The van der Waals surface area contributed by atoms with Gasteiger partial charge in [-0.3, -0.25) is 27.7 Å². The summed E-state index contributed by atoms with van der Waals surface area (Å²) in [5.74, 6) is -1.77. The van der Waals surface area contributed by atoms with E-state index in [4.69, 9.17) is 24.3 Å². The van der Waals surface area contributed by atoms with Gasteiger partial charge in [-0.1, -0.05) is 13.8 Å². The van der Waals surface area contributed by atoms with E-state index >= 15 is 0 Å². The fraction of sp³-hybridized carbons (Fsp3) is 0.741. The fourth-order valence-corrected chi connectivity index (χ4v) is 8.60. The monoisotopic (exact) mass is 929 g/mol. The molecule has 0 saturated carbocycles. The predicted octanol–water partition coefficient (Wildman–Crippen LogP) is -4.15. The molecule has 0 bridgehead atoms. The van der Waals surface area contributed by atoms with E-state index < -0.39 is 128 Å². The molecule has 4 rings (SSSR count). The lowest BCUT2D eigenvalue weighted by Gasteiger charge is -2.39. The summed E-state index contributed by atoms with van der Waals surface area (Å²) in [5, 5.41) is 67.0. The molecule has 4 unspecified atom stereocenters. The Labute approximate surface area is 338 Å². The number of carbonyl (C=O) groups excluding carboxylic acids is 2. The quantitative estimate of drug-likeness (QED) is 0.0443. The highest BCUT2D eigenvalue weighted by Crippen LogP contribution is 2.61. The van der Waals surface area contributed by atoms with Gasteiger partial charge in [-0.15, -0.1) is 0 Å². The van der Waals surface area contributed by atoms with Gasteiger partial charge in [0, 0.05) is 30.7 Å². The van der Waals surface area contributed by atoms with Crippen LogP contribution in [-0.4, -0.2) is 169 Å². The average Bonchev–Trinajstić information content (AvgIpc) is 3.70. The molecule has 2 saturated heterocycles. The Morgan fingerprint density at radius 3 is 2.25 bits per heavy atom. The van der Waals surface area contributed by atoms with Crippen molar-refractivity contribution in [2.75, 3.05) is 44.4 Å². The molecule has 0 aromatic carbocycles. The third kappa shape index (κ3) is 12.6. The normalized spacial score (nSPS) is 29.1. The number of nitrogens with two attached hydrogens (primary N) is 1. The molecule has 336 valence electrons. The molecule has 59 heavy (non-hydrogen) atoms. The first kappa shape index (κ1) is 49.3. The maximum atomic E-state index is 12.8. The van der Waals surface area contributed by atoms with Crippen LogP contribution < -0.4 is 16.4 Å². The Hall–Kier alpha value is -2.31. The number of phosphoric ester groups is 3. The molecule has 2 aromatic rings. The summed E-state index contributed by atoms with van der Waals surface area (Å²) in [4.78, 5) is 76.0. The molecular formula is C27H46N7O21P3S. The number of fused-ring (bicyclic) bond motifs is 1. The van der Waals surface area contributed by atoms with E-state index in [1.165, 1.54) is 13.8 Å². The second kappa shape index (κ2) is 19.8. The second-order valence-corrected chi connectivity index (χ2v) is 18.4. The van der Waals surface area contributed by atoms with Gasteiger partial charge in [0.1, 0.15) is 60.5 Å². The SMILES string of the molecule is CC(C)(COP(=O)(O)OP(=O)(O)OC[C@H]1O[C@@H](n2cnc3c(N)nc(C4O[C@H](CO)[C@H](O)[C@H](O)[C@H]4O)nc32)[C@H](O)[C@@H]1OP(=O)(O)O)C(O)C(=O)NCCC(=O)NCCS. The van der Waals surface area contributed by atoms with Crippen molar-refractivity contribution in [3.8, 4) is 0 Å². The number of imidazole rings is 1. The van der Waals surface area contributed by atoms with Crippen LogP contribution in [0.5, 0.6) is 0 Å². The molecule has 28 nitrogen and oxygen atoms in total. The van der Waals surface area contributed by atoms with Crippen molar-refractivity contribution in [2.24, 2.45) is 5.41 Å². The van der Waals surface area contributed by atoms with Crippen LogP contribution >= 0.6 is 36.1 Å². The van der Waals surface area contributed by atoms with Crippen LogP contribution in [0, 0.1) is 5.41 Å². The van der Waals surface area contributed by atoms with E-state index in [1.807, 2.05) is 0 Å². The maximum Gasteiger partial charge on any atom is 0.481 e. The number of thiol groups is 1. The Morgan fingerprint density at radius 2 is 1.63 bits per heavy atom. The molecule has 0 spiro atoms. The summed E-state index contributed by atoms with van der Waals surface area (Å²) in [6, 6.07) is 0. The van der Waals surface area contributed by atoms with Crippen LogP contribution in [0.4, 0.5) is 5.82 Å². The van der Waals surface area contributed by atoms with Gasteiger partial charge in [0.05, 0.1) is 26.1 Å². The van der Waals surface area contributed by atoms with E-state index in [-0.39, 0.29) is 29.9 Å². The van der Waals surface area contributed by atoms with Gasteiger partial charge < -0.3 is 76.1 Å². The standard InChI is InChI=1S/C27H46N7O21P3S/c1-27(2,21(41)25(42)30-4-3-13(36)29-5-6-59)9-51-58(48,49)55-57(46,47)50-8-12-19(54-56(43,44)45)18(40)26(53-12)34-10-31-14-22(28)32-23(33-24(14)34)20-17(39)16(38)15(37)11(7-35)52-20/h10-12,15-21,26,35,37-41,59H,3-9H2,1-2H3,(H,29,36)(H,30,42)(H,46,47)(H,48,49)(H2,28,32,33)(H2,43,44,45)/t11-,12-,15+,16+,17-,18-,19-,20?,21?,26-/m1/s1. The zero-order chi connectivity index (χ0) is 44.2. The molecule has 2 aromatic heterocycles. The minimum Gasteiger partial charge on any atom is -0.394 e. The Kier molecular flexibility index (Phi) is 16.6. The Morgan fingerprint density at radius 1 is 0.966 bits per heavy atom. The van der Waals surface area contributed by atoms with Gasteiger partial charge in [0.2, 0.25) is 11.8 Å². The molecule has 2 aliphatic heterocycles. The third-order valence-electron chi connectivity index (χ3n) is 8.74. The number of aliphatic hydroxyl groups excluding tert-OH is 6. The lowest BCUT2D eigenvalue weighted by Crippen LogP contribution is -2.55. The van der Waals surface area contributed by atoms with Crippen molar-refractivity contribution in [1.29, 1.82) is 0 Å². The molecule has 4 heterocycles. The molecule has 2 fully saturated rings. The minimum atomic E-state index is -5.68. The summed E-state index contributed by atoms with van der Waals surface area (Å²) < 4.78 is 67.9. The number of aromatic nitrogens is 4. The topological polar surface area (TPSA) is 437 Å². The number of hydrogen-bond donors (Lipinski definition) is 14. The zero-order valence-corrected chi connectivity index (χ0v) is 34.5. The van der Waals surface area contributed by atoms with Crippen molar-refractivity contribution in [3.63, 3.8) is 0 Å². The molecule has 2 amide bonds. The van der Waals surface area contributed by atoms with E-state index in [0.29, 0.717) is 12.3 Å². The van der Waals surface area contributed by atoms with Crippen molar-refractivity contribution in [1.82, 2.24) is 30.2 Å². The molecule has 0 radical (unpaired) electrons. The first-order valence-corrected chi connectivity index (χ1v) is 22.3. The predicted molar refractivity (Wildman–Crippen MR) is 196 cm³/mol. The number of nitrogens with one attached hydrogen (secondary N) is 2. The van der Waals surface area contributed by atoms with Crippen LogP contribution in [-0.2, 0) is 50.6 Å². The maximum absolute atomic E-state index is 12.8. The summed E-state index contributed by atoms with van der Waals surface area (Å²) in [5.41, 5.74) is 3.96. The van der Waals surface area contributed by atoms with E-state index in [9.17, 15) is 73.5 Å². The summed E-state index contributed by atoms with van der Waals surface area (Å²) in [6.45, 7) is -0.376. The van der Waals surface area contributed by atoms with Crippen LogP contribution in [0.1, 0.15) is 38.4 Å². The minimum absolute atomic E-state index is 0.133. The van der Waals surface area contributed by atoms with E-state index in [2.05, 4.69) is 47.0 Å². The number of carbonyl (C=O) groups is 2. The van der Waals surface area contributed by atoms with Gasteiger partial charge in [0.15, 0.2) is 23.5 Å². The lowest BCUT2D eigenvalue weighted by atomic mass is 9.87. The van der Waals surface area contributed by atoms with Gasteiger partial charge in [-0.25, -0.2) is 28.6 Å². The molecule has 12 atom stereocenters. The van der Waals surface area contributed by atoms with Gasteiger partial charge in [-0.2, -0.15) is 16.9 Å². The lowest BCUT2D eigenvalue weighted by molar-refractivity contribution is -0.233.